The Balaban J connectivity index is 1.90. The molecule has 1 saturated heterocycles. The maximum atomic E-state index is 13.8. The van der Waals surface area contributed by atoms with Crippen LogP contribution in [0.2, 0.25) is 0 Å². The third-order valence-corrected chi connectivity index (χ3v) is 5.80. The molecule has 1 aliphatic heterocycles. The van der Waals surface area contributed by atoms with E-state index < -0.39 is 5.54 Å². The Kier molecular flexibility index (Phi) is 4.97. The number of nitriles is 2. The quantitative estimate of drug-likeness (QED) is 0.560. The van der Waals surface area contributed by atoms with Gasteiger partial charge in [-0.05, 0) is 74.9 Å². The van der Waals surface area contributed by atoms with Gasteiger partial charge in [-0.2, -0.15) is 10.5 Å². The zero-order chi connectivity index (χ0) is 22.2. The summed E-state index contributed by atoms with van der Waals surface area (Å²) in [5.74, 6) is 0. The smallest absolute Gasteiger partial charge is 0.286 e. The van der Waals surface area contributed by atoms with E-state index in [2.05, 4.69) is 12.1 Å². The Bertz CT molecular complexity index is 1210. The van der Waals surface area contributed by atoms with Gasteiger partial charge in [-0.15, -0.1) is 0 Å². The first kappa shape index (κ1) is 20.2. The van der Waals surface area contributed by atoms with Crippen LogP contribution in [0.5, 0.6) is 0 Å². The minimum absolute atomic E-state index is 0.147. The molecule has 1 fully saturated rings. The van der Waals surface area contributed by atoms with E-state index in [-0.39, 0.29) is 12.1 Å². The van der Waals surface area contributed by atoms with Crippen molar-refractivity contribution in [3.05, 3.63) is 95.1 Å². The summed E-state index contributed by atoms with van der Waals surface area (Å²) in [5, 5.41) is 18.5. The average molecular weight is 406 g/mol. The van der Waals surface area contributed by atoms with Crippen LogP contribution in [0.1, 0.15) is 42.1 Å². The van der Waals surface area contributed by atoms with Crippen molar-refractivity contribution < 1.29 is 4.79 Å². The molecule has 0 saturated carbocycles. The minimum Gasteiger partial charge on any atom is -0.286 e. The molecular formula is C26H22N4O. The Morgan fingerprint density at radius 1 is 0.839 bits per heavy atom. The van der Waals surface area contributed by atoms with Crippen molar-refractivity contribution in [1.82, 2.24) is 0 Å². The van der Waals surface area contributed by atoms with Gasteiger partial charge in [0.05, 0.1) is 34.8 Å². The number of amides is 2. The fourth-order valence-electron chi connectivity index (χ4n) is 4.33. The zero-order valence-corrected chi connectivity index (χ0v) is 17.7. The van der Waals surface area contributed by atoms with Crippen LogP contribution in [0.3, 0.4) is 0 Å². The lowest BCUT2D eigenvalue weighted by atomic mass is 9.87. The van der Waals surface area contributed by atoms with E-state index in [1.54, 1.807) is 40.1 Å². The molecule has 5 nitrogen and oxygen atoms in total. The standard InChI is InChI=1S/C26H22N4O/c1-18-7-11-22(12-8-18)29-24(21-6-4-5-20(15-21)17-28)26(2,3)30(25(29)31)23-13-9-19(16-27)10-14-23/h4-15,24H,1-3H3/t24-/m1/s1. The van der Waals surface area contributed by atoms with Gasteiger partial charge in [-0.3, -0.25) is 9.80 Å². The lowest BCUT2D eigenvalue weighted by molar-refractivity contribution is 0.254. The maximum absolute atomic E-state index is 13.8. The van der Waals surface area contributed by atoms with Crippen LogP contribution in [0.25, 0.3) is 0 Å². The van der Waals surface area contributed by atoms with Crippen molar-refractivity contribution in [2.24, 2.45) is 0 Å². The highest BCUT2D eigenvalue weighted by Crippen LogP contribution is 2.47. The number of nitrogens with zero attached hydrogens (tertiary/aromatic N) is 4. The lowest BCUT2D eigenvalue weighted by Gasteiger charge is -2.35. The number of urea groups is 1. The van der Waals surface area contributed by atoms with Gasteiger partial charge in [-0.25, -0.2) is 4.79 Å². The number of aryl methyl sites for hydroxylation is 1. The number of carbonyl (C=O) groups excluding carboxylic acids is 1. The van der Waals surface area contributed by atoms with Crippen molar-refractivity contribution in [3.63, 3.8) is 0 Å². The topological polar surface area (TPSA) is 71.1 Å². The second-order valence-electron chi connectivity index (χ2n) is 8.28. The molecule has 1 heterocycles. The molecule has 0 spiro atoms. The zero-order valence-electron chi connectivity index (χ0n) is 17.7. The fourth-order valence-corrected chi connectivity index (χ4v) is 4.33. The van der Waals surface area contributed by atoms with Crippen molar-refractivity contribution in [2.75, 3.05) is 9.80 Å². The molecule has 1 aliphatic rings. The molecule has 5 heteroatoms. The Morgan fingerprint density at radius 3 is 2.06 bits per heavy atom. The molecule has 152 valence electrons. The van der Waals surface area contributed by atoms with Crippen LogP contribution in [0, 0.1) is 29.6 Å². The van der Waals surface area contributed by atoms with E-state index in [9.17, 15) is 10.1 Å². The van der Waals surface area contributed by atoms with Crippen molar-refractivity contribution in [3.8, 4) is 12.1 Å². The number of benzene rings is 3. The SMILES string of the molecule is Cc1ccc(N2C(=O)N(c3ccc(C#N)cc3)C(C)(C)[C@H]2c2cccc(C#N)c2)cc1. The predicted molar refractivity (Wildman–Crippen MR) is 121 cm³/mol. The van der Waals surface area contributed by atoms with Gasteiger partial charge in [0.2, 0.25) is 0 Å². The fraction of sp³-hybridized carbons (Fsp3) is 0.192. The van der Waals surface area contributed by atoms with E-state index in [0.717, 1.165) is 22.5 Å². The van der Waals surface area contributed by atoms with Crippen LogP contribution >= 0.6 is 0 Å². The third kappa shape index (κ3) is 3.41. The molecule has 0 aromatic heterocycles. The molecule has 4 rings (SSSR count). The van der Waals surface area contributed by atoms with Gasteiger partial charge in [0.25, 0.3) is 0 Å². The maximum Gasteiger partial charge on any atom is 0.330 e. The van der Waals surface area contributed by atoms with Crippen molar-refractivity contribution in [1.29, 1.82) is 10.5 Å². The van der Waals surface area contributed by atoms with Crippen molar-refractivity contribution in [2.45, 2.75) is 32.4 Å². The van der Waals surface area contributed by atoms with Crippen LogP contribution in [-0.4, -0.2) is 11.6 Å². The highest BCUT2D eigenvalue weighted by Gasteiger charge is 2.53. The number of anilines is 2. The summed E-state index contributed by atoms with van der Waals surface area (Å²) in [6.45, 7) is 6.07. The monoisotopic (exact) mass is 406 g/mol. The molecule has 31 heavy (non-hydrogen) atoms. The molecule has 3 aromatic carbocycles. The van der Waals surface area contributed by atoms with Gasteiger partial charge in [0.1, 0.15) is 0 Å². The third-order valence-electron chi connectivity index (χ3n) is 5.80. The van der Waals surface area contributed by atoms with Gasteiger partial charge >= 0.3 is 6.03 Å². The molecule has 0 aliphatic carbocycles. The normalized spacial score (nSPS) is 17.3. The first-order chi connectivity index (χ1) is 14.9. The summed E-state index contributed by atoms with van der Waals surface area (Å²) < 4.78 is 0. The lowest BCUT2D eigenvalue weighted by Crippen LogP contribution is -2.43. The predicted octanol–water partition coefficient (Wildman–Crippen LogP) is 5.70. The van der Waals surface area contributed by atoms with Gasteiger partial charge < -0.3 is 0 Å². The summed E-state index contributed by atoms with van der Waals surface area (Å²) in [7, 11) is 0. The van der Waals surface area contributed by atoms with E-state index in [1.165, 1.54) is 0 Å². The van der Waals surface area contributed by atoms with E-state index in [4.69, 9.17) is 5.26 Å². The molecular weight excluding hydrogens is 384 g/mol. The summed E-state index contributed by atoms with van der Waals surface area (Å²) in [6, 6.07) is 26.2. The molecule has 2 amide bonds. The summed E-state index contributed by atoms with van der Waals surface area (Å²) >= 11 is 0. The van der Waals surface area contributed by atoms with Crippen LogP contribution in [0.4, 0.5) is 16.2 Å². The molecule has 0 radical (unpaired) electrons. The number of rotatable bonds is 3. The highest BCUT2D eigenvalue weighted by molar-refractivity contribution is 6.08. The summed E-state index contributed by atoms with van der Waals surface area (Å²) in [5.41, 5.74) is 4.01. The Labute approximate surface area is 182 Å². The summed E-state index contributed by atoms with van der Waals surface area (Å²) in [6.07, 6.45) is 0. The van der Waals surface area contributed by atoms with Gasteiger partial charge in [0, 0.05) is 11.4 Å². The molecule has 0 unspecified atom stereocenters. The molecule has 0 N–H and O–H groups in total. The van der Waals surface area contributed by atoms with E-state index >= 15 is 0 Å². The van der Waals surface area contributed by atoms with Crippen molar-refractivity contribution >= 4 is 17.4 Å². The molecule has 1 atom stereocenters. The number of hydrogen-bond acceptors (Lipinski definition) is 3. The Morgan fingerprint density at radius 2 is 1.45 bits per heavy atom. The van der Waals surface area contributed by atoms with Crippen LogP contribution < -0.4 is 9.80 Å². The highest BCUT2D eigenvalue weighted by atomic mass is 16.2. The van der Waals surface area contributed by atoms with Gasteiger partial charge in [0.15, 0.2) is 0 Å². The van der Waals surface area contributed by atoms with Gasteiger partial charge in [-0.1, -0.05) is 29.8 Å². The summed E-state index contributed by atoms with van der Waals surface area (Å²) in [4.78, 5) is 17.4. The first-order valence-electron chi connectivity index (χ1n) is 10.1. The number of carbonyl (C=O) groups is 1. The first-order valence-corrected chi connectivity index (χ1v) is 10.1. The molecule has 0 bridgehead atoms. The van der Waals surface area contributed by atoms with Crippen LogP contribution in [-0.2, 0) is 0 Å². The second-order valence-corrected chi connectivity index (χ2v) is 8.28. The minimum atomic E-state index is -0.621. The average Bonchev–Trinajstić information content (AvgIpc) is 2.99. The van der Waals surface area contributed by atoms with E-state index in [1.807, 2.05) is 63.2 Å². The van der Waals surface area contributed by atoms with E-state index in [0.29, 0.717) is 11.1 Å². The Hall–Kier alpha value is -4.09. The molecule has 3 aromatic rings. The number of hydrogen-bond donors (Lipinski definition) is 0. The second kappa shape index (κ2) is 7.63. The van der Waals surface area contributed by atoms with Crippen LogP contribution in [0.15, 0.2) is 72.8 Å². The largest absolute Gasteiger partial charge is 0.330 e.